The van der Waals surface area contributed by atoms with Gasteiger partial charge in [0.15, 0.2) is 0 Å². The van der Waals surface area contributed by atoms with Gasteiger partial charge in [0.2, 0.25) is 5.67 Å². The second-order valence-corrected chi connectivity index (χ2v) is 3.17. The highest BCUT2D eigenvalue weighted by atomic mass is 19.1. The van der Waals surface area contributed by atoms with Gasteiger partial charge in [-0.25, -0.2) is 9.18 Å². The molecule has 0 radical (unpaired) electrons. The van der Waals surface area contributed by atoms with Crippen LogP contribution in [0.25, 0.3) is 0 Å². The molecule has 1 atom stereocenters. The van der Waals surface area contributed by atoms with Crippen molar-refractivity contribution < 1.29 is 14.3 Å². The number of carbonyl (C=O) groups is 1. The minimum atomic E-state index is -1.94. The van der Waals surface area contributed by atoms with Crippen molar-refractivity contribution in [3.63, 3.8) is 0 Å². The second kappa shape index (κ2) is 1.28. The van der Waals surface area contributed by atoms with E-state index in [4.69, 9.17) is 5.11 Å². The van der Waals surface area contributed by atoms with Crippen molar-refractivity contribution in [2.24, 2.45) is 5.41 Å². The molecule has 0 bridgehead atoms. The minimum absolute atomic E-state index is 0.148. The molecule has 0 aliphatic heterocycles. The number of rotatable bonds is 1. The average Bonchev–Trinajstić information content (AvgIpc) is 2.08. The lowest BCUT2D eigenvalue weighted by molar-refractivity contribution is -0.146. The Labute approximate surface area is 52.7 Å². The lowest BCUT2D eigenvalue weighted by atomic mass is 10.1. The van der Waals surface area contributed by atoms with Crippen molar-refractivity contribution in [1.82, 2.24) is 0 Å². The lowest BCUT2D eigenvalue weighted by Crippen LogP contribution is -2.21. The predicted octanol–water partition coefficient (Wildman–Crippen LogP) is 1.21. The molecule has 52 valence electrons. The number of carboxylic acids is 1. The van der Waals surface area contributed by atoms with E-state index in [1.807, 2.05) is 0 Å². The first kappa shape index (κ1) is 6.52. The highest BCUT2D eigenvalue weighted by Crippen LogP contribution is 2.58. The Morgan fingerprint density at radius 3 is 2.00 bits per heavy atom. The van der Waals surface area contributed by atoms with Crippen LogP contribution < -0.4 is 0 Å². The molecule has 3 heteroatoms. The van der Waals surface area contributed by atoms with Gasteiger partial charge < -0.3 is 5.11 Å². The SMILES string of the molecule is CC1(C)CC1(F)C(=O)O. The van der Waals surface area contributed by atoms with Gasteiger partial charge in [-0.1, -0.05) is 13.8 Å². The minimum Gasteiger partial charge on any atom is -0.479 e. The molecule has 1 fully saturated rings. The first-order valence-electron chi connectivity index (χ1n) is 2.82. The molecular weight excluding hydrogens is 123 g/mol. The van der Waals surface area contributed by atoms with Crippen LogP contribution in [0.2, 0.25) is 0 Å². The van der Waals surface area contributed by atoms with Crippen molar-refractivity contribution in [2.75, 3.05) is 0 Å². The fraction of sp³-hybridized carbons (Fsp3) is 0.833. The van der Waals surface area contributed by atoms with Crippen LogP contribution in [-0.4, -0.2) is 16.7 Å². The van der Waals surface area contributed by atoms with Gasteiger partial charge in [-0.15, -0.1) is 0 Å². The zero-order valence-electron chi connectivity index (χ0n) is 5.44. The first-order chi connectivity index (χ1) is 3.90. The van der Waals surface area contributed by atoms with E-state index in [1.165, 1.54) is 0 Å². The van der Waals surface area contributed by atoms with Crippen molar-refractivity contribution in [2.45, 2.75) is 25.9 Å². The summed E-state index contributed by atoms with van der Waals surface area (Å²) >= 11 is 0. The van der Waals surface area contributed by atoms with Gasteiger partial charge in [0.25, 0.3) is 0 Å². The highest BCUT2D eigenvalue weighted by molar-refractivity contribution is 5.82. The van der Waals surface area contributed by atoms with Crippen LogP contribution in [0, 0.1) is 5.41 Å². The maximum absolute atomic E-state index is 12.8. The summed E-state index contributed by atoms with van der Waals surface area (Å²) in [6.07, 6.45) is 0.148. The number of hydrogen-bond acceptors (Lipinski definition) is 1. The average molecular weight is 132 g/mol. The smallest absolute Gasteiger partial charge is 0.342 e. The van der Waals surface area contributed by atoms with Crippen molar-refractivity contribution in [3.8, 4) is 0 Å². The standard InChI is InChI=1S/C6H9FO2/c1-5(2)3-6(5,7)4(8)9/h3H2,1-2H3,(H,8,9). The Morgan fingerprint density at radius 1 is 1.67 bits per heavy atom. The normalized spacial score (nSPS) is 38.1. The Morgan fingerprint density at radius 2 is 2.00 bits per heavy atom. The molecular formula is C6H9FO2. The third-order valence-electron chi connectivity index (χ3n) is 1.97. The molecule has 9 heavy (non-hydrogen) atoms. The van der Waals surface area contributed by atoms with Gasteiger partial charge in [-0.2, -0.15) is 0 Å². The number of halogens is 1. The molecule has 0 aromatic carbocycles. The van der Waals surface area contributed by atoms with E-state index in [-0.39, 0.29) is 6.42 Å². The molecule has 1 rings (SSSR count). The van der Waals surface area contributed by atoms with Crippen LogP contribution in [0.3, 0.4) is 0 Å². The fourth-order valence-electron chi connectivity index (χ4n) is 0.930. The number of hydrogen-bond donors (Lipinski definition) is 1. The summed E-state index contributed by atoms with van der Waals surface area (Å²) in [5, 5.41) is 8.27. The van der Waals surface area contributed by atoms with Crippen LogP contribution in [0.5, 0.6) is 0 Å². The summed E-state index contributed by atoms with van der Waals surface area (Å²) in [7, 11) is 0. The summed E-state index contributed by atoms with van der Waals surface area (Å²) in [6, 6.07) is 0. The van der Waals surface area contributed by atoms with Crippen molar-refractivity contribution in [3.05, 3.63) is 0 Å². The van der Waals surface area contributed by atoms with E-state index >= 15 is 0 Å². The van der Waals surface area contributed by atoms with E-state index in [1.54, 1.807) is 13.8 Å². The molecule has 1 unspecified atom stereocenters. The monoisotopic (exact) mass is 132 g/mol. The van der Waals surface area contributed by atoms with Crippen molar-refractivity contribution >= 4 is 5.97 Å². The molecule has 1 saturated carbocycles. The fourth-order valence-corrected chi connectivity index (χ4v) is 0.930. The molecule has 0 aromatic heterocycles. The number of alkyl halides is 1. The number of carboxylic acid groups (broad SMARTS) is 1. The summed E-state index contributed by atoms with van der Waals surface area (Å²) in [5.74, 6) is -1.33. The van der Waals surface area contributed by atoms with E-state index in [9.17, 15) is 9.18 Å². The van der Waals surface area contributed by atoms with Gasteiger partial charge in [-0.3, -0.25) is 0 Å². The maximum Gasteiger partial charge on any atom is 0.342 e. The summed E-state index contributed by atoms with van der Waals surface area (Å²) in [5.41, 5.74) is -2.58. The molecule has 0 aromatic rings. The van der Waals surface area contributed by atoms with Gasteiger partial charge in [0.1, 0.15) is 0 Å². The summed E-state index contributed by atoms with van der Waals surface area (Å²) in [4.78, 5) is 10.1. The maximum atomic E-state index is 12.8. The third kappa shape index (κ3) is 0.637. The van der Waals surface area contributed by atoms with Crippen LogP contribution in [0.4, 0.5) is 4.39 Å². The molecule has 1 N–H and O–H groups in total. The molecule has 0 spiro atoms. The largest absolute Gasteiger partial charge is 0.479 e. The van der Waals surface area contributed by atoms with Crippen LogP contribution >= 0.6 is 0 Å². The van der Waals surface area contributed by atoms with Gasteiger partial charge >= 0.3 is 5.97 Å². The van der Waals surface area contributed by atoms with Crippen LogP contribution in [0.1, 0.15) is 20.3 Å². The molecule has 0 saturated heterocycles. The van der Waals surface area contributed by atoms with Gasteiger partial charge in [0, 0.05) is 11.8 Å². The summed E-state index contributed by atoms with van der Waals surface area (Å²) < 4.78 is 12.8. The second-order valence-electron chi connectivity index (χ2n) is 3.17. The van der Waals surface area contributed by atoms with Gasteiger partial charge in [0.05, 0.1) is 0 Å². The Hall–Kier alpha value is -0.600. The van der Waals surface area contributed by atoms with E-state index in [0.29, 0.717) is 0 Å². The molecule has 2 nitrogen and oxygen atoms in total. The zero-order valence-corrected chi connectivity index (χ0v) is 5.44. The highest BCUT2D eigenvalue weighted by Gasteiger charge is 2.68. The van der Waals surface area contributed by atoms with Gasteiger partial charge in [-0.05, 0) is 0 Å². The van der Waals surface area contributed by atoms with E-state index in [2.05, 4.69) is 0 Å². The van der Waals surface area contributed by atoms with E-state index in [0.717, 1.165) is 0 Å². The number of aliphatic carboxylic acids is 1. The molecule has 1 aliphatic carbocycles. The quantitative estimate of drug-likeness (QED) is 0.582. The predicted molar refractivity (Wildman–Crippen MR) is 29.9 cm³/mol. The lowest BCUT2D eigenvalue weighted by Gasteiger charge is -2.02. The summed E-state index contributed by atoms with van der Waals surface area (Å²) in [6.45, 7) is 3.22. The Kier molecular flexibility index (Phi) is 0.926. The Bertz CT molecular complexity index is 164. The van der Waals surface area contributed by atoms with E-state index < -0.39 is 17.1 Å². The van der Waals surface area contributed by atoms with Crippen molar-refractivity contribution in [1.29, 1.82) is 0 Å². The van der Waals surface area contributed by atoms with Crippen LogP contribution in [-0.2, 0) is 4.79 Å². The Balaban J connectivity index is 2.74. The first-order valence-corrected chi connectivity index (χ1v) is 2.82. The molecule has 0 amide bonds. The zero-order chi connectivity index (χ0) is 7.28. The topological polar surface area (TPSA) is 37.3 Å². The molecule has 1 aliphatic rings. The molecule has 0 heterocycles. The third-order valence-corrected chi connectivity index (χ3v) is 1.97. The van der Waals surface area contributed by atoms with Crippen LogP contribution in [0.15, 0.2) is 0 Å².